The number of ether oxygens (including phenoxy) is 2. The van der Waals surface area contributed by atoms with E-state index in [0.29, 0.717) is 19.7 Å². The normalized spacial score (nSPS) is 10.1. The van der Waals surface area contributed by atoms with E-state index >= 15 is 0 Å². The monoisotopic (exact) mass is 280 g/mol. The van der Waals surface area contributed by atoms with Crippen molar-refractivity contribution < 1.29 is 19.1 Å². The van der Waals surface area contributed by atoms with Crippen LogP contribution < -0.4 is 0 Å². The van der Waals surface area contributed by atoms with E-state index in [2.05, 4.69) is 9.72 Å². The van der Waals surface area contributed by atoms with Gasteiger partial charge in [0.2, 0.25) is 5.91 Å². The zero-order chi connectivity index (χ0) is 14.8. The van der Waals surface area contributed by atoms with Gasteiger partial charge in [-0.05, 0) is 11.6 Å². The van der Waals surface area contributed by atoms with Crippen LogP contribution in [0.5, 0.6) is 0 Å². The van der Waals surface area contributed by atoms with Gasteiger partial charge in [-0.1, -0.05) is 6.07 Å². The quantitative estimate of drug-likeness (QED) is 0.654. The molecule has 0 unspecified atom stereocenters. The Morgan fingerprint density at radius 3 is 2.70 bits per heavy atom. The first kappa shape index (κ1) is 16.1. The van der Waals surface area contributed by atoms with Crippen molar-refractivity contribution in [3.8, 4) is 0 Å². The molecule has 0 fully saturated rings. The molecule has 0 atom stereocenters. The molecule has 1 rings (SSSR count). The SMILES string of the molecule is COCCN(CCC(=O)OC)C(=O)Cc1cccnc1. The molecule has 0 saturated heterocycles. The molecule has 0 aliphatic rings. The summed E-state index contributed by atoms with van der Waals surface area (Å²) < 4.78 is 9.57. The highest BCUT2D eigenvalue weighted by Gasteiger charge is 2.15. The minimum atomic E-state index is -0.332. The zero-order valence-electron chi connectivity index (χ0n) is 11.9. The molecule has 0 aliphatic carbocycles. The van der Waals surface area contributed by atoms with Gasteiger partial charge in [0.25, 0.3) is 0 Å². The first-order valence-corrected chi connectivity index (χ1v) is 6.39. The molecule has 0 spiro atoms. The van der Waals surface area contributed by atoms with E-state index in [1.165, 1.54) is 7.11 Å². The zero-order valence-corrected chi connectivity index (χ0v) is 11.9. The Morgan fingerprint density at radius 2 is 2.10 bits per heavy atom. The van der Waals surface area contributed by atoms with Crippen LogP contribution in [0.2, 0.25) is 0 Å². The smallest absolute Gasteiger partial charge is 0.307 e. The first-order chi connectivity index (χ1) is 9.67. The molecule has 0 aromatic carbocycles. The average Bonchev–Trinajstić information content (AvgIpc) is 2.47. The van der Waals surface area contributed by atoms with Crippen LogP contribution >= 0.6 is 0 Å². The van der Waals surface area contributed by atoms with E-state index in [1.807, 2.05) is 6.07 Å². The molecule has 0 radical (unpaired) electrons. The molecule has 6 heteroatoms. The molecule has 6 nitrogen and oxygen atoms in total. The highest BCUT2D eigenvalue weighted by atomic mass is 16.5. The lowest BCUT2D eigenvalue weighted by Gasteiger charge is -2.22. The van der Waals surface area contributed by atoms with Gasteiger partial charge >= 0.3 is 5.97 Å². The second-order valence-corrected chi connectivity index (χ2v) is 4.24. The summed E-state index contributed by atoms with van der Waals surface area (Å²) in [6, 6.07) is 3.64. The van der Waals surface area contributed by atoms with Crippen LogP contribution in [0.4, 0.5) is 0 Å². The van der Waals surface area contributed by atoms with Gasteiger partial charge in [0.1, 0.15) is 0 Å². The third kappa shape index (κ3) is 5.79. The fourth-order valence-electron chi connectivity index (χ4n) is 1.68. The van der Waals surface area contributed by atoms with Crippen molar-refractivity contribution >= 4 is 11.9 Å². The van der Waals surface area contributed by atoms with Crippen LogP contribution in [0.25, 0.3) is 0 Å². The molecule has 20 heavy (non-hydrogen) atoms. The van der Waals surface area contributed by atoms with Gasteiger partial charge in [-0.2, -0.15) is 0 Å². The van der Waals surface area contributed by atoms with Crippen LogP contribution in [0.3, 0.4) is 0 Å². The third-order valence-corrected chi connectivity index (χ3v) is 2.81. The number of hydrogen-bond acceptors (Lipinski definition) is 5. The topological polar surface area (TPSA) is 68.7 Å². The number of amides is 1. The van der Waals surface area contributed by atoms with Crippen molar-refractivity contribution in [1.82, 2.24) is 9.88 Å². The molecule has 0 saturated carbocycles. The molecular formula is C14H20N2O4. The Kier molecular flexibility index (Phi) is 7.27. The highest BCUT2D eigenvalue weighted by Crippen LogP contribution is 2.03. The number of carbonyl (C=O) groups is 2. The number of pyridine rings is 1. The summed E-state index contributed by atoms with van der Waals surface area (Å²) in [5.74, 6) is -0.388. The van der Waals surface area contributed by atoms with Crippen LogP contribution in [-0.4, -0.2) is 55.7 Å². The Morgan fingerprint density at radius 1 is 1.30 bits per heavy atom. The minimum Gasteiger partial charge on any atom is -0.469 e. The Hall–Kier alpha value is -1.95. The number of esters is 1. The summed E-state index contributed by atoms with van der Waals surface area (Å²) in [7, 11) is 2.91. The maximum atomic E-state index is 12.2. The Labute approximate surface area is 118 Å². The fourth-order valence-corrected chi connectivity index (χ4v) is 1.68. The standard InChI is InChI=1S/C14H20N2O4/c1-19-9-8-16(7-5-14(18)20-2)13(17)10-12-4-3-6-15-11-12/h3-4,6,11H,5,7-10H2,1-2H3. The van der Waals surface area contributed by atoms with Crippen molar-refractivity contribution in [3.05, 3.63) is 30.1 Å². The number of hydrogen-bond donors (Lipinski definition) is 0. The fraction of sp³-hybridized carbons (Fsp3) is 0.500. The molecule has 0 bridgehead atoms. The molecule has 1 amide bonds. The van der Waals surface area contributed by atoms with Gasteiger partial charge in [0.15, 0.2) is 0 Å². The summed E-state index contributed by atoms with van der Waals surface area (Å²) in [5.41, 5.74) is 0.845. The lowest BCUT2D eigenvalue weighted by molar-refractivity contribution is -0.141. The molecule has 110 valence electrons. The summed E-state index contributed by atoms with van der Waals surface area (Å²) in [5, 5.41) is 0. The van der Waals surface area contributed by atoms with Gasteiger partial charge in [0, 0.05) is 32.6 Å². The van der Waals surface area contributed by atoms with Crippen LogP contribution in [-0.2, 0) is 25.5 Å². The summed E-state index contributed by atoms with van der Waals surface area (Å²) in [6.45, 7) is 1.21. The van der Waals surface area contributed by atoms with E-state index in [-0.39, 0.29) is 24.7 Å². The predicted molar refractivity (Wildman–Crippen MR) is 73.0 cm³/mol. The van der Waals surface area contributed by atoms with Gasteiger partial charge in [0.05, 0.1) is 26.6 Å². The average molecular weight is 280 g/mol. The Bertz CT molecular complexity index is 422. The van der Waals surface area contributed by atoms with Crippen molar-refractivity contribution in [3.63, 3.8) is 0 Å². The van der Waals surface area contributed by atoms with Gasteiger partial charge in [-0.25, -0.2) is 0 Å². The highest BCUT2D eigenvalue weighted by molar-refractivity contribution is 5.79. The van der Waals surface area contributed by atoms with E-state index in [4.69, 9.17) is 4.74 Å². The number of methoxy groups -OCH3 is 2. The lowest BCUT2D eigenvalue weighted by atomic mass is 10.2. The molecule has 0 N–H and O–H groups in total. The largest absolute Gasteiger partial charge is 0.469 e. The van der Waals surface area contributed by atoms with Crippen molar-refractivity contribution in [2.24, 2.45) is 0 Å². The summed E-state index contributed by atoms with van der Waals surface area (Å²) in [4.78, 5) is 29.0. The second kappa shape index (κ2) is 9.03. The van der Waals surface area contributed by atoms with Gasteiger partial charge in [-0.15, -0.1) is 0 Å². The number of aromatic nitrogens is 1. The van der Waals surface area contributed by atoms with Crippen molar-refractivity contribution in [1.29, 1.82) is 0 Å². The summed E-state index contributed by atoms with van der Waals surface area (Å²) >= 11 is 0. The van der Waals surface area contributed by atoms with Crippen LogP contribution in [0, 0.1) is 0 Å². The van der Waals surface area contributed by atoms with Gasteiger partial charge in [-0.3, -0.25) is 14.6 Å². The lowest BCUT2D eigenvalue weighted by Crippen LogP contribution is -2.36. The van der Waals surface area contributed by atoms with E-state index in [0.717, 1.165) is 5.56 Å². The van der Waals surface area contributed by atoms with Crippen LogP contribution in [0.15, 0.2) is 24.5 Å². The molecule has 0 aliphatic heterocycles. The van der Waals surface area contributed by atoms with E-state index in [9.17, 15) is 9.59 Å². The van der Waals surface area contributed by atoms with Crippen LogP contribution in [0.1, 0.15) is 12.0 Å². The molecule has 1 aromatic rings. The maximum Gasteiger partial charge on any atom is 0.307 e. The summed E-state index contributed by atoms with van der Waals surface area (Å²) in [6.07, 6.45) is 3.76. The van der Waals surface area contributed by atoms with Crippen molar-refractivity contribution in [2.75, 3.05) is 33.9 Å². The van der Waals surface area contributed by atoms with E-state index < -0.39 is 0 Å². The van der Waals surface area contributed by atoms with Crippen molar-refractivity contribution in [2.45, 2.75) is 12.8 Å². The molecule has 1 heterocycles. The number of rotatable bonds is 8. The second-order valence-electron chi connectivity index (χ2n) is 4.24. The third-order valence-electron chi connectivity index (χ3n) is 2.81. The van der Waals surface area contributed by atoms with Gasteiger partial charge < -0.3 is 14.4 Å². The Balaban J connectivity index is 2.56. The van der Waals surface area contributed by atoms with E-state index in [1.54, 1.807) is 30.5 Å². The number of nitrogens with zero attached hydrogens (tertiary/aromatic N) is 2. The molecular weight excluding hydrogens is 260 g/mol. The minimum absolute atomic E-state index is 0.0565. The first-order valence-electron chi connectivity index (χ1n) is 6.39. The number of carbonyl (C=O) groups excluding carboxylic acids is 2. The predicted octanol–water partition coefficient (Wildman–Crippen LogP) is 0.662. The maximum absolute atomic E-state index is 12.2. The molecule has 1 aromatic heterocycles.